The minimum Gasteiger partial charge on any atom is -0.497 e. The number of methoxy groups -OCH3 is 1. The molecule has 2 unspecified atom stereocenters. The van der Waals surface area contributed by atoms with Gasteiger partial charge in [0.25, 0.3) is 5.91 Å². The first-order chi connectivity index (χ1) is 16.9. The maximum absolute atomic E-state index is 13.5. The second-order valence-electron chi connectivity index (χ2n) is 9.22. The summed E-state index contributed by atoms with van der Waals surface area (Å²) >= 11 is 0. The molecule has 2 aromatic carbocycles. The van der Waals surface area contributed by atoms with Gasteiger partial charge < -0.3 is 20.4 Å². The van der Waals surface area contributed by atoms with E-state index in [1.807, 2.05) is 49.4 Å². The molecule has 1 saturated carbocycles. The average molecular weight is 475 g/mol. The van der Waals surface area contributed by atoms with Gasteiger partial charge >= 0.3 is 0 Å². The first kappa shape index (κ1) is 24.2. The van der Waals surface area contributed by atoms with Crippen LogP contribution in [0.3, 0.4) is 0 Å². The number of carbonyl (C=O) groups is 3. The van der Waals surface area contributed by atoms with Crippen molar-refractivity contribution in [3.63, 3.8) is 0 Å². The van der Waals surface area contributed by atoms with E-state index < -0.39 is 29.3 Å². The lowest BCUT2D eigenvalue weighted by molar-refractivity contribution is -0.131. The number of aromatic nitrogens is 2. The van der Waals surface area contributed by atoms with Gasteiger partial charge in [-0.2, -0.15) is 0 Å². The molecule has 2 atom stereocenters. The number of aromatic amines is 1. The third kappa shape index (κ3) is 6.15. The van der Waals surface area contributed by atoms with Crippen LogP contribution in [0, 0.1) is 5.41 Å². The molecule has 1 heterocycles. The number of nitrogens with zero attached hydrogens (tertiary/aromatic N) is 1. The Bertz CT molecular complexity index is 1160. The molecular formula is C27H30N4O4. The van der Waals surface area contributed by atoms with Crippen molar-refractivity contribution < 1.29 is 19.1 Å². The van der Waals surface area contributed by atoms with E-state index in [1.165, 1.54) is 12.5 Å². The number of carbonyl (C=O) groups excluding carboxylic acids is 3. The Kier molecular flexibility index (Phi) is 7.29. The van der Waals surface area contributed by atoms with Crippen molar-refractivity contribution in [3.8, 4) is 5.75 Å². The Morgan fingerprint density at radius 1 is 0.971 bits per heavy atom. The number of ether oxygens (including phenoxy) is 1. The molecule has 0 bridgehead atoms. The molecule has 0 radical (unpaired) electrons. The standard InChI is InChI=1S/C27H30N4O4/c1-27(12-13-27)24(32)21(14-18-6-4-3-5-7-18)30-25(33)22(31-26(34)23-16-28-17-29-23)15-19-8-10-20(35-2)11-9-19/h3-11,16-17,21-22H,12-15H2,1-2H3,(H,28,29)(H,30,33)(H,31,34). The highest BCUT2D eigenvalue weighted by Crippen LogP contribution is 2.46. The maximum atomic E-state index is 13.5. The van der Waals surface area contributed by atoms with Gasteiger partial charge in [-0.1, -0.05) is 49.4 Å². The molecule has 1 aromatic heterocycles. The number of hydrogen-bond acceptors (Lipinski definition) is 5. The zero-order valence-electron chi connectivity index (χ0n) is 19.9. The number of Topliss-reactive ketones (excluding diaryl/α,β-unsaturated/α-hetero) is 1. The normalized spacial score (nSPS) is 15.5. The van der Waals surface area contributed by atoms with E-state index in [2.05, 4.69) is 20.6 Å². The summed E-state index contributed by atoms with van der Waals surface area (Å²) in [6.45, 7) is 1.94. The Balaban J connectivity index is 1.54. The SMILES string of the molecule is COc1ccc(CC(NC(=O)c2cnc[nH]2)C(=O)NC(Cc2ccccc2)C(=O)C2(C)CC2)cc1. The van der Waals surface area contributed by atoms with E-state index in [9.17, 15) is 14.4 Å². The molecule has 2 amide bonds. The van der Waals surface area contributed by atoms with Crippen LogP contribution >= 0.6 is 0 Å². The van der Waals surface area contributed by atoms with E-state index in [1.54, 1.807) is 19.2 Å². The van der Waals surface area contributed by atoms with Crippen molar-refractivity contribution in [1.82, 2.24) is 20.6 Å². The molecule has 1 aliphatic carbocycles. The molecule has 4 rings (SSSR count). The summed E-state index contributed by atoms with van der Waals surface area (Å²) in [6, 6.07) is 15.3. The quantitative estimate of drug-likeness (QED) is 0.396. The number of rotatable bonds is 11. The molecule has 8 nitrogen and oxygen atoms in total. The summed E-state index contributed by atoms with van der Waals surface area (Å²) in [5.74, 6) is -0.135. The molecule has 3 N–H and O–H groups in total. The molecule has 0 aliphatic heterocycles. The summed E-state index contributed by atoms with van der Waals surface area (Å²) in [5, 5.41) is 5.75. The van der Waals surface area contributed by atoms with Crippen molar-refractivity contribution in [2.24, 2.45) is 5.41 Å². The van der Waals surface area contributed by atoms with E-state index in [-0.39, 0.29) is 17.9 Å². The smallest absolute Gasteiger partial charge is 0.270 e. The highest BCUT2D eigenvalue weighted by atomic mass is 16.5. The van der Waals surface area contributed by atoms with Gasteiger partial charge in [-0.15, -0.1) is 0 Å². The number of H-pyrrole nitrogens is 1. The molecule has 35 heavy (non-hydrogen) atoms. The van der Waals surface area contributed by atoms with Crippen LogP contribution in [0.4, 0.5) is 0 Å². The second-order valence-corrected chi connectivity index (χ2v) is 9.22. The van der Waals surface area contributed by atoms with E-state index in [0.29, 0.717) is 12.2 Å². The van der Waals surface area contributed by atoms with E-state index in [0.717, 1.165) is 24.0 Å². The average Bonchev–Trinajstić information content (AvgIpc) is 3.39. The number of benzene rings is 2. The summed E-state index contributed by atoms with van der Waals surface area (Å²) in [4.78, 5) is 46.2. The van der Waals surface area contributed by atoms with Gasteiger partial charge in [0, 0.05) is 11.8 Å². The van der Waals surface area contributed by atoms with Gasteiger partial charge in [0.15, 0.2) is 5.78 Å². The summed E-state index contributed by atoms with van der Waals surface area (Å²) < 4.78 is 5.21. The second kappa shape index (κ2) is 10.5. The third-order valence-electron chi connectivity index (χ3n) is 6.47. The summed E-state index contributed by atoms with van der Waals surface area (Å²) in [6.07, 6.45) is 5.08. The van der Waals surface area contributed by atoms with Crippen LogP contribution in [0.5, 0.6) is 5.75 Å². The van der Waals surface area contributed by atoms with Crippen LogP contribution in [-0.2, 0) is 22.4 Å². The van der Waals surface area contributed by atoms with Crippen molar-refractivity contribution in [3.05, 3.63) is 83.9 Å². The fourth-order valence-electron chi connectivity index (χ4n) is 4.01. The first-order valence-corrected chi connectivity index (χ1v) is 11.7. The fraction of sp³-hybridized carbons (Fsp3) is 0.333. The zero-order valence-corrected chi connectivity index (χ0v) is 19.9. The Morgan fingerprint density at radius 3 is 2.23 bits per heavy atom. The number of ketones is 1. The number of amides is 2. The van der Waals surface area contributed by atoms with Gasteiger partial charge in [0.1, 0.15) is 17.5 Å². The van der Waals surface area contributed by atoms with Crippen LogP contribution in [0.25, 0.3) is 0 Å². The molecule has 1 fully saturated rings. The Morgan fingerprint density at radius 2 is 1.63 bits per heavy atom. The van der Waals surface area contributed by atoms with Crippen LogP contribution in [0.1, 0.15) is 41.4 Å². The third-order valence-corrected chi connectivity index (χ3v) is 6.47. The lowest BCUT2D eigenvalue weighted by Gasteiger charge is -2.25. The van der Waals surface area contributed by atoms with Gasteiger partial charge in [0.05, 0.1) is 25.7 Å². The molecule has 3 aromatic rings. The van der Waals surface area contributed by atoms with E-state index >= 15 is 0 Å². The van der Waals surface area contributed by atoms with Crippen molar-refractivity contribution in [1.29, 1.82) is 0 Å². The maximum Gasteiger partial charge on any atom is 0.270 e. The lowest BCUT2D eigenvalue weighted by atomic mass is 9.92. The van der Waals surface area contributed by atoms with E-state index in [4.69, 9.17) is 4.74 Å². The number of nitrogens with one attached hydrogen (secondary N) is 3. The van der Waals surface area contributed by atoms with Gasteiger partial charge in [0.2, 0.25) is 5.91 Å². The molecule has 1 aliphatic rings. The zero-order chi connectivity index (χ0) is 24.8. The summed E-state index contributed by atoms with van der Waals surface area (Å²) in [7, 11) is 1.58. The van der Waals surface area contributed by atoms with Crippen LogP contribution in [0.15, 0.2) is 67.1 Å². The monoisotopic (exact) mass is 474 g/mol. The molecule has 0 spiro atoms. The molecular weight excluding hydrogens is 444 g/mol. The highest BCUT2D eigenvalue weighted by Gasteiger charge is 2.48. The summed E-state index contributed by atoms with van der Waals surface area (Å²) in [5.41, 5.74) is 1.65. The number of imidazole rings is 1. The van der Waals surface area contributed by atoms with Crippen molar-refractivity contribution in [2.75, 3.05) is 7.11 Å². The van der Waals surface area contributed by atoms with Crippen LogP contribution in [-0.4, -0.2) is 46.8 Å². The van der Waals surface area contributed by atoms with Gasteiger partial charge in [-0.3, -0.25) is 14.4 Å². The minimum absolute atomic E-state index is 0.0257. The van der Waals surface area contributed by atoms with Gasteiger partial charge in [-0.05, 0) is 42.5 Å². The lowest BCUT2D eigenvalue weighted by Crippen LogP contribution is -2.54. The highest BCUT2D eigenvalue weighted by molar-refractivity contribution is 5.98. The topological polar surface area (TPSA) is 113 Å². The predicted octanol–water partition coefficient (Wildman–Crippen LogP) is 2.86. The molecule has 8 heteroatoms. The van der Waals surface area contributed by atoms with Crippen molar-refractivity contribution in [2.45, 2.75) is 44.7 Å². The van der Waals surface area contributed by atoms with Crippen LogP contribution in [0.2, 0.25) is 0 Å². The Hall–Kier alpha value is -3.94. The first-order valence-electron chi connectivity index (χ1n) is 11.7. The predicted molar refractivity (Wildman–Crippen MR) is 131 cm³/mol. The number of hydrogen-bond donors (Lipinski definition) is 3. The van der Waals surface area contributed by atoms with Crippen LogP contribution < -0.4 is 15.4 Å². The van der Waals surface area contributed by atoms with Crippen molar-refractivity contribution >= 4 is 17.6 Å². The largest absolute Gasteiger partial charge is 0.497 e. The van der Waals surface area contributed by atoms with Gasteiger partial charge in [-0.25, -0.2) is 4.98 Å². The minimum atomic E-state index is -0.891. The molecule has 0 saturated heterocycles. The molecule has 182 valence electrons. The Labute approximate surface area is 204 Å². The fourth-order valence-corrected chi connectivity index (χ4v) is 4.01.